The maximum absolute atomic E-state index is 6.12. The minimum Gasteiger partial charge on any atom is -0.309 e. The van der Waals surface area contributed by atoms with Crippen molar-refractivity contribution in [3.05, 3.63) is 50.9 Å². The summed E-state index contributed by atoms with van der Waals surface area (Å²) in [5.74, 6) is 0.453. The van der Waals surface area contributed by atoms with Gasteiger partial charge < -0.3 is 5.32 Å². The van der Waals surface area contributed by atoms with Gasteiger partial charge in [-0.2, -0.15) is 0 Å². The van der Waals surface area contributed by atoms with Gasteiger partial charge >= 0.3 is 0 Å². The van der Waals surface area contributed by atoms with E-state index in [0.29, 0.717) is 12.0 Å². The second-order valence-electron chi connectivity index (χ2n) is 5.22. The highest BCUT2D eigenvalue weighted by atomic mass is 35.5. The molecule has 0 radical (unpaired) electrons. The van der Waals surface area contributed by atoms with Crippen molar-refractivity contribution in [2.24, 2.45) is 0 Å². The SMILES string of the molecule is CCNC(c1ccc(Cl)s1)C1CCCc2cccnc21. The van der Waals surface area contributed by atoms with Gasteiger partial charge in [0, 0.05) is 28.7 Å². The average molecular weight is 307 g/mol. The van der Waals surface area contributed by atoms with E-state index in [4.69, 9.17) is 11.6 Å². The number of rotatable bonds is 4. The summed E-state index contributed by atoms with van der Waals surface area (Å²) in [4.78, 5) is 5.99. The van der Waals surface area contributed by atoms with Crippen molar-refractivity contribution in [3.8, 4) is 0 Å². The van der Waals surface area contributed by atoms with E-state index in [-0.39, 0.29) is 0 Å². The Morgan fingerprint density at radius 3 is 3.10 bits per heavy atom. The maximum Gasteiger partial charge on any atom is 0.0931 e. The minimum atomic E-state index is 0.325. The number of pyridine rings is 1. The molecular formula is C16H19ClN2S. The predicted molar refractivity (Wildman–Crippen MR) is 85.7 cm³/mol. The first-order valence-corrected chi connectivity index (χ1v) is 8.41. The van der Waals surface area contributed by atoms with Gasteiger partial charge in [0.2, 0.25) is 0 Å². The van der Waals surface area contributed by atoms with E-state index in [1.807, 2.05) is 18.3 Å². The molecular weight excluding hydrogens is 288 g/mol. The van der Waals surface area contributed by atoms with Crippen LogP contribution in [0, 0.1) is 0 Å². The molecule has 1 aliphatic rings. The van der Waals surface area contributed by atoms with Crippen LogP contribution in [0.5, 0.6) is 0 Å². The maximum atomic E-state index is 6.12. The number of aryl methyl sites for hydroxylation is 1. The molecule has 2 heterocycles. The lowest BCUT2D eigenvalue weighted by Crippen LogP contribution is -2.29. The number of thiophene rings is 1. The van der Waals surface area contributed by atoms with Gasteiger partial charge in [0.15, 0.2) is 0 Å². The lowest BCUT2D eigenvalue weighted by atomic mass is 9.81. The second-order valence-corrected chi connectivity index (χ2v) is 6.97. The normalized spacial score (nSPS) is 19.6. The fourth-order valence-electron chi connectivity index (χ4n) is 3.13. The first-order valence-electron chi connectivity index (χ1n) is 7.22. The molecule has 0 amide bonds. The van der Waals surface area contributed by atoms with Crippen molar-refractivity contribution >= 4 is 22.9 Å². The predicted octanol–water partition coefficient (Wildman–Crippen LogP) is 4.57. The average Bonchev–Trinajstić information content (AvgIpc) is 2.91. The van der Waals surface area contributed by atoms with Crippen molar-refractivity contribution in [3.63, 3.8) is 0 Å². The van der Waals surface area contributed by atoms with Crippen molar-refractivity contribution in [2.45, 2.75) is 38.1 Å². The van der Waals surface area contributed by atoms with Crippen molar-refractivity contribution < 1.29 is 0 Å². The Bertz CT molecular complexity index is 581. The zero-order chi connectivity index (χ0) is 13.9. The van der Waals surface area contributed by atoms with Gasteiger partial charge in [-0.05, 0) is 49.6 Å². The first-order chi connectivity index (χ1) is 9.79. The Kier molecular flexibility index (Phi) is 4.39. The monoisotopic (exact) mass is 306 g/mol. The number of halogens is 1. The minimum absolute atomic E-state index is 0.325. The lowest BCUT2D eigenvalue weighted by molar-refractivity contribution is 0.405. The highest BCUT2D eigenvalue weighted by Gasteiger charge is 2.30. The molecule has 0 aliphatic heterocycles. The van der Waals surface area contributed by atoms with Crippen LogP contribution in [0.25, 0.3) is 0 Å². The first kappa shape index (κ1) is 14.1. The third-order valence-corrected chi connectivity index (χ3v) is 5.28. The van der Waals surface area contributed by atoms with Crippen LogP contribution >= 0.6 is 22.9 Å². The number of hydrogen-bond donors (Lipinski definition) is 1. The lowest BCUT2D eigenvalue weighted by Gasteiger charge is -2.31. The van der Waals surface area contributed by atoms with Crippen molar-refractivity contribution in [1.82, 2.24) is 10.3 Å². The molecule has 0 aromatic carbocycles. The van der Waals surface area contributed by atoms with Crippen molar-refractivity contribution in [2.75, 3.05) is 6.54 Å². The standard InChI is InChI=1S/C16H19ClN2S/c1-2-18-16(13-8-9-14(17)20-13)12-7-3-5-11-6-4-10-19-15(11)12/h4,6,8-10,12,16,18H,2-3,5,7H2,1H3. The summed E-state index contributed by atoms with van der Waals surface area (Å²) in [6.45, 7) is 3.11. The molecule has 0 saturated carbocycles. The molecule has 106 valence electrons. The third kappa shape index (κ3) is 2.76. The summed E-state index contributed by atoms with van der Waals surface area (Å²) in [5.41, 5.74) is 2.68. The fraction of sp³-hybridized carbons (Fsp3) is 0.438. The van der Waals surface area contributed by atoms with Crippen LogP contribution in [0.2, 0.25) is 4.34 Å². The number of aromatic nitrogens is 1. The summed E-state index contributed by atoms with van der Waals surface area (Å²) in [7, 11) is 0. The summed E-state index contributed by atoms with van der Waals surface area (Å²) in [6, 6.07) is 8.74. The molecule has 2 aromatic heterocycles. The molecule has 2 unspecified atom stereocenters. The molecule has 0 bridgehead atoms. The van der Waals surface area contributed by atoms with E-state index in [2.05, 4.69) is 29.4 Å². The Hall–Kier alpha value is -0.900. The van der Waals surface area contributed by atoms with Gasteiger partial charge in [-0.15, -0.1) is 11.3 Å². The zero-order valence-corrected chi connectivity index (χ0v) is 13.2. The highest BCUT2D eigenvalue weighted by molar-refractivity contribution is 7.16. The van der Waals surface area contributed by atoms with Gasteiger partial charge in [0.05, 0.1) is 4.34 Å². The number of nitrogens with zero attached hydrogens (tertiary/aromatic N) is 1. The van der Waals surface area contributed by atoms with E-state index in [9.17, 15) is 0 Å². The number of fused-ring (bicyclic) bond motifs is 1. The Morgan fingerprint density at radius 1 is 1.45 bits per heavy atom. The smallest absolute Gasteiger partial charge is 0.0931 e. The second kappa shape index (κ2) is 6.25. The summed E-state index contributed by atoms with van der Waals surface area (Å²) >= 11 is 7.80. The molecule has 4 heteroatoms. The Balaban J connectivity index is 1.96. The summed E-state index contributed by atoms with van der Waals surface area (Å²) < 4.78 is 0.861. The molecule has 0 saturated heterocycles. The molecule has 0 spiro atoms. The molecule has 1 N–H and O–H groups in total. The molecule has 0 fully saturated rings. The van der Waals surface area contributed by atoms with Crippen molar-refractivity contribution in [1.29, 1.82) is 0 Å². The molecule has 2 nitrogen and oxygen atoms in total. The Morgan fingerprint density at radius 2 is 2.35 bits per heavy atom. The van der Waals surface area contributed by atoms with Gasteiger partial charge in [0.25, 0.3) is 0 Å². The van der Waals surface area contributed by atoms with E-state index in [0.717, 1.165) is 17.3 Å². The largest absolute Gasteiger partial charge is 0.309 e. The van der Waals surface area contributed by atoms with Gasteiger partial charge in [-0.3, -0.25) is 4.98 Å². The topological polar surface area (TPSA) is 24.9 Å². The van der Waals surface area contributed by atoms with Gasteiger partial charge in [-0.25, -0.2) is 0 Å². The number of hydrogen-bond acceptors (Lipinski definition) is 3. The van der Waals surface area contributed by atoms with E-state index < -0.39 is 0 Å². The highest BCUT2D eigenvalue weighted by Crippen LogP contribution is 2.41. The van der Waals surface area contributed by atoms with Gasteiger partial charge in [0.1, 0.15) is 0 Å². The van der Waals surface area contributed by atoms with Crippen LogP contribution in [0.15, 0.2) is 30.5 Å². The van der Waals surface area contributed by atoms with Crippen LogP contribution in [-0.2, 0) is 6.42 Å². The molecule has 1 aliphatic carbocycles. The summed E-state index contributed by atoms with van der Waals surface area (Å²) in [5, 5.41) is 3.63. The summed E-state index contributed by atoms with van der Waals surface area (Å²) in [6.07, 6.45) is 5.51. The van der Waals surface area contributed by atoms with E-state index in [1.165, 1.54) is 29.0 Å². The third-order valence-electron chi connectivity index (χ3n) is 3.97. The quantitative estimate of drug-likeness (QED) is 0.895. The fourth-order valence-corrected chi connectivity index (χ4v) is 4.33. The van der Waals surface area contributed by atoms with E-state index in [1.54, 1.807) is 11.3 Å². The van der Waals surface area contributed by atoms with Crippen LogP contribution in [0.1, 0.15) is 47.9 Å². The number of nitrogens with one attached hydrogen (secondary N) is 1. The van der Waals surface area contributed by atoms with Crippen LogP contribution in [0.4, 0.5) is 0 Å². The zero-order valence-electron chi connectivity index (χ0n) is 11.6. The molecule has 2 aromatic rings. The molecule has 2 atom stereocenters. The van der Waals surface area contributed by atoms with Gasteiger partial charge in [-0.1, -0.05) is 24.6 Å². The van der Waals surface area contributed by atoms with Crippen LogP contribution in [0.3, 0.4) is 0 Å². The molecule has 3 rings (SSSR count). The Labute approximate surface area is 129 Å². The van der Waals surface area contributed by atoms with Crippen LogP contribution < -0.4 is 5.32 Å². The molecule has 20 heavy (non-hydrogen) atoms. The van der Waals surface area contributed by atoms with E-state index >= 15 is 0 Å². The van der Waals surface area contributed by atoms with Crippen LogP contribution in [-0.4, -0.2) is 11.5 Å². The number of likely N-dealkylation sites (N-methyl/N-ethyl adjacent to an activating group) is 1.